The summed E-state index contributed by atoms with van der Waals surface area (Å²) < 4.78 is 14.9. The minimum Gasteiger partial charge on any atom is -0.378 e. The number of nitrogens with one attached hydrogen (secondary N) is 1. The Morgan fingerprint density at radius 3 is 2.44 bits per heavy atom. The fourth-order valence-electron chi connectivity index (χ4n) is 5.12. The molecule has 0 spiro atoms. The summed E-state index contributed by atoms with van der Waals surface area (Å²) in [6.07, 6.45) is 1.93. The highest BCUT2D eigenvalue weighted by atomic mass is 16.5. The summed E-state index contributed by atoms with van der Waals surface area (Å²) in [5.74, 6) is 0.659. The summed E-state index contributed by atoms with van der Waals surface area (Å²) in [5, 5.41) is 0. The lowest BCUT2D eigenvalue weighted by Crippen LogP contribution is -2.36. The number of nitrogens with zero attached hydrogens (tertiary/aromatic N) is 4. The molecule has 0 saturated carbocycles. The number of H-pyrrole nitrogens is 1. The number of anilines is 1. The van der Waals surface area contributed by atoms with Crippen molar-refractivity contribution in [3.05, 3.63) is 81.0 Å². The van der Waals surface area contributed by atoms with Gasteiger partial charge in [0, 0.05) is 30.9 Å². The molecule has 2 fully saturated rings. The monoisotopic (exact) mass is 487 g/mol. The van der Waals surface area contributed by atoms with Gasteiger partial charge in [-0.05, 0) is 42.7 Å². The predicted molar refractivity (Wildman–Crippen MR) is 138 cm³/mol. The second-order valence-corrected chi connectivity index (χ2v) is 9.33. The van der Waals surface area contributed by atoms with Crippen LogP contribution in [-0.2, 0) is 22.6 Å². The van der Waals surface area contributed by atoms with Gasteiger partial charge in [0.15, 0.2) is 11.2 Å². The predicted octanol–water partition coefficient (Wildman–Crippen LogP) is 2.62. The first-order valence-electron chi connectivity index (χ1n) is 12.5. The zero-order valence-corrected chi connectivity index (χ0v) is 20.1. The minimum absolute atomic E-state index is 0.00248. The van der Waals surface area contributed by atoms with Crippen LogP contribution in [0.15, 0.2) is 64.2 Å². The van der Waals surface area contributed by atoms with Gasteiger partial charge in [-0.1, -0.05) is 30.3 Å². The SMILES string of the molecule is O=c1[nH]c(=O)n(Cc2ccccc2)c2nc(-c3ccc(N4CCOCC4)cc3)n(C[C@H]3CCCO3)c12. The van der Waals surface area contributed by atoms with Gasteiger partial charge in [0.2, 0.25) is 0 Å². The second-order valence-electron chi connectivity index (χ2n) is 9.33. The second kappa shape index (κ2) is 9.75. The molecule has 2 saturated heterocycles. The minimum atomic E-state index is -0.465. The van der Waals surface area contributed by atoms with Crippen molar-refractivity contribution < 1.29 is 9.47 Å². The maximum Gasteiger partial charge on any atom is 0.330 e. The van der Waals surface area contributed by atoms with E-state index in [0.29, 0.717) is 30.1 Å². The van der Waals surface area contributed by atoms with Crippen LogP contribution in [0, 0.1) is 0 Å². The highest BCUT2D eigenvalue weighted by Crippen LogP contribution is 2.28. The Morgan fingerprint density at radius 2 is 1.72 bits per heavy atom. The number of ether oxygens (including phenoxy) is 2. The van der Waals surface area contributed by atoms with Gasteiger partial charge < -0.3 is 18.9 Å². The van der Waals surface area contributed by atoms with Gasteiger partial charge in [-0.25, -0.2) is 9.78 Å². The van der Waals surface area contributed by atoms with E-state index in [0.717, 1.165) is 62.6 Å². The van der Waals surface area contributed by atoms with Gasteiger partial charge in [-0.2, -0.15) is 0 Å². The summed E-state index contributed by atoms with van der Waals surface area (Å²) in [4.78, 5) is 35.7. The summed E-state index contributed by atoms with van der Waals surface area (Å²) >= 11 is 0. The van der Waals surface area contributed by atoms with E-state index in [9.17, 15) is 9.59 Å². The number of aromatic amines is 1. The van der Waals surface area contributed by atoms with Crippen LogP contribution in [0.1, 0.15) is 18.4 Å². The normalized spacial score (nSPS) is 18.2. The van der Waals surface area contributed by atoms with Crippen LogP contribution in [0.4, 0.5) is 5.69 Å². The molecule has 6 rings (SSSR count). The Hall–Kier alpha value is -3.69. The van der Waals surface area contributed by atoms with E-state index in [-0.39, 0.29) is 6.10 Å². The maximum absolute atomic E-state index is 13.1. The molecule has 9 heteroatoms. The molecule has 0 bridgehead atoms. The zero-order chi connectivity index (χ0) is 24.5. The molecule has 9 nitrogen and oxygen atoms in total. The molecule has 1 atom stereocenters. The number of benzene rings is 2. The van der Waals surface area contributed by atoms with Gasteiger partial charge in [0.05, 0.1) is 32.4 Å². The van der Waals surface area contributed by atoms with Gasteiger partial charge in [-0.15, -0.1) is 0 Å². The molecule has 0 aliphatic carbocycles. The molecule has 1 N–H and O–H groups in total. The smallest absolute Gasteiger partial charge is 0.330 e. The van der Waals surface area contributed by atoms with Crippen LogP contribution in [0.3, 0.4) is 0 Å². The molecule has 0 amide bonds. The van der Waals surface area contributed by atoms with Crippen molar-refractivity contribution >= 4 is 16.9 Å². The maximum atomic E-state index is 13.1. The quantitative estimate of drug-likeness (QED) is 0.449. The molecule has 2 aromatic heterocycles. The van der Waals surface area contributed by atoms with E-state index in [1.165, 1.54) is 0 Å². The van der Waals surface area contributed by atoms with Crippen LogP contribution >= 0.6 is 0 Å². The molecule has 4 aromatic rings. The van der Waals surface area contributed by atoms with Crippen LogP contribution in [0.25, 0.3) is 22.6 Å². The van der Waals surface area contributed by atoms with E-state index >= 15 is 0 Å². The Balaban J connectivity index is 1.47. The average molecular weight is 488 g/mol. The average Bonchev–Trinajstić information content (AvgIpc) is 3.57. The van der Waals surface area contributed by atoms with E-state index in [1.807, 2.05) is 47.0 Å². The highest BCUT2D eigenvalue weighted by Gasteiger charge is 2.24. The van der Waals surface area contributed by atoms with Crippen LogP contribution in [-0.4, -0.2) is 58.1 Å². The molecule has 2 aromatic carbocycles. The number of imidazole rings is 1. The van der Waals surface area contributed by atoms with Crippen molar-refractivity contribution in [3.8, 4) is 11.4 Å². The first-order chi connectivity index (χ1) is 17.7. The number of fused-ring (bicyclic) bond motifs is 1. The van der Waals surface area contributed by atoms with Crippen molar-refractivity contribution in [2.45, 2.75) is 32.0 Å². The summed E-state index contributed by atoms with van der Waals surface area (Å²) in [5.41, 5.74) is 2.86. The fraction of sp³-hybridized carbons (Fsp3) is 0.370. The number of morpholine rings is 1. The van der Waals surface area contributed by atoms with Crippen LogP contribution in [0.5, 0.6) is 0 Å². The van der Waals surface area contributed by atoms with Gasteiger partial charge >= 0.3 is 5.69 Å². The van der Waals surface area contributed by atoms with Gasteiger partial charge in [-0.3, -0.25) is 14.3 Å². The molecule has 0 radical (unpaired) electrons. The number of rotatable bonds is 6. The highest BCUT2D eigenvalue weighted by molar-refractivity contribution is 5.77. The molecular weight excluding hydrogens is 458 g/mol. The Kier molecular flexibility index (Phi) is 6.16. The Morgan fingerprint density at radius 1 is 0.944 bits per heavy atom. The van der Waals surface area contributed by atoms with Crippen molar-refractivity contribution in [2.24, 2.45) is 0 Å². The first-order valence-corrected chi connectivity index (χ1v) is 12.5. The lowest BCUT2D eigenvalue weighted by molar-refractivity contribution is 0.0982. The van der Waals surface area contributed by atoms with E-state index in [1.54, 1.807) is 4.57 Å². The van der Waals surface area contributed by atoms with Crippen molar-refractivity contribution in [2.75, 3.05) is 37.8 Å². The van der Waals surface area contributed by atoms with Gasteiger partial charge in [0.1, 0.15) is 5.82 Å². The summed E-state index contributed by atoms with van der Waals surface area (Å²) in [7, 11) is 0. The molecule has 2 aliphatic rings. The molecular formula is C27H29N5O4. The Labute approximate surface area is 207 Å². The lowest BCUT2D eigenvalue weighted by atomic mass is 10.1. The van der Waals surface area contributed by atoms with Crippen LogP contribution in [0.2, 0.25) is 0 Å². The third-order valence-electron chi connectivity index (χ3n) is 6.98. The first kappa shape index (κ1) is 22.8. The number of aromatic nitrogens is 4. The van der Waals surface area contributed by atoms with Crippen molar-refractivity contribution in [1.29, 1.82) is 0 Å². The number of hydrogen-bond acceptors (Lipinski definition) is 6. The van der Waals surface area contributed by atoms with Gasteiger partial charge in [0.25, 0.3) is 5.56 Å². The molecule has 36 heavy (non-hydrogen) atoms. The lowest BCUT2D eigenvalue weighted by Gasteiger charge is -2.28. The van der Waals surface area contributed by atoms with E-state index in [4.69, 9.17) is 14.5 Å². The topological polar surface area (TPSA) is 94.4 Å². The summed E-state index contributed by atoms with van der Waals surface area (Å²) in [6.45, 7) is 4.70. The van der Waals surface area contributed by atoms with E-state index < -0.39 is 11.2 Å². The fourth-order valence-corrected chi connectivity index (χ4v) is 5.12. The number of hydrogen-bond donors (Lipinski definition) is 1. The van der Waals surface area contributed by atoms with Crippen molar-refractivity contribution in [1.82, 2.24) is 19.1 Å². The third kappa shape index (κ3) is 4.36. The molecule has 2 aliphatic heterocycles. The standard InChI is InChI=1S/C27H29N5O4/c33-26-23-25(32(27(34)29-26)17-19-5-2-1-3-6-19)28-24(31(23)18-22-7-4-14-36-22)20-8-10-21(11-9-20)30-12-15-35-16-13-30/h1-3,5-6,8-11,22H,4,7,12-18H2,(H,29,33,34)/t22-/m1/s1. The zero-order valence-electron chi connectivity index (χ0n) is 20.1. The van der Waals surface area contributed by atoms with E-state index in [2.05, 4.69) is 22.0 Å². The molecule has 186 valence electrons. The van der Waals surface area contributed by atoms with Crippen molar-refractivity contribution in [3.63, 3.8) is 0 Å². The molecule has 0 unspecified atom stereocenters. The largest absolute Gasteiger partial charge is 0.378 e. The molecule has 4 heterocycles. The summed E-state index contributed by atoms with van der Waals surface area (Å²) in [6, 6.07) is 17.9. The Bertz CT molecular complexity index is 1460. The third-order valence-corrected chi connectivity index (χ3v) is 6.98. The van der Waals surface area contributed by atoms with Crippen LogP contribution < -0.4 is 16.1 Å².